The van der Waals surface area contributed by atoms with E-state index in [-0.39, 0.29) is 6.04 Å². The lowest BCUT2D eigenvalue weighted by Crippen LogP contribution is -2.16. The van der Waals surface area contributed by atoms with Gasteiger partial charge in [0.25, 0.3) is 0 Å². The van der Waals surface area contributed by atoms with Crippen LogP contribution in [0.2, 0.25) is 0 Å². The summed E-state index contributed by atoms with van der Waals surface area (Å²) in [5, 5.41) is 4.22. The smallest absolute Gasteiger partial charge is 0.0723 e. The molecule has 0 aliphatic rings. The largest absolute Gasteiger partial charge is 0.319 e. The second-order valence-electron chi connectivity index (χ2n) is 3.46. The van der Waals surface area contributed by atoms with E-state index in [0.29, 0.717) is 0 Å². The summed E-state index contributed by atoms with van der Waals surface area (Å²) in [6, 6.07) is 12.0. The summed E-state index contributed by atoms with van der Waals surface area (Å²) in [6.45, 7) is 2.91. The summed E-state index contributed by atoms with van der Waals surface area (Å²) in [5.41, 5.74) is 8.35. The summed E-state index contributed by atoms with van der Waals surface area (Å²) in [4.78, 5) is 0. The highest BCUT2D eigenvalue weighted by Crippen LogP contribution is 2.18. The Labute approximate surface area is 89.5 Å². The van der Waals surface area contributed by atoms with Gasteiger partial charge in [0.05, 0.1) is 11.7 Å². The Hall–Kier alpha value is -1.61. The highest BCUT2D eigenvalue weighted by atomic mass is 15.3. The molecule has 2 aromatic rings. The molecule has 1 aromatic heterocycles. The molecule has 1 heterocycles. The van der Waals surface area contributed by atoms with Crippen LogP contribution in [0, 0.1) is 0 Å². The van der Waals surface area contributed by atoms with E-state index in [1.54, 1.807) is 6.20 Å². The molecular formula is C12H15N3. The van der Waals surface area contributed by atoms with Gasteiger partial charge >= 0.3 is 0 Å². The molecule has 2 rings (SSSR count). The molecule has 0 fully saturated rings. The van der Waals surface area contributed by atoms with Crippen molar-refractivity contribution in [3.05, 3.63) is 53.9 Å². The van der Waals surface area contributed by atoms with E-state index in [9.17, 15) is 0 Å². The van der Waals surface area contributed by atoms with Crippen molar-refractivity contribution >= 4 is 0 Å². The van der Waals surface area contributed by atoms with Gasteiger partial charge in [-0.1, -0.05) is 30.3 Å². The van der Waals surface area contributed by atoms with Crippen LogP contribution in [0.1, 0.15) is 24.2 Å². The maximum Gasteiger partial charge on any atom is 0.0723 e. The number of hydrogen-bond acceptors (Lipinski definition) is 2. The molecule has 0 aliphatic heterocycles. The zero-order valence-electron chi connectivity index (χ0n) is 8.80. The zero-order valence-corrected chi connectivity index (χ0v) is 8.80. The first kappa shape index (κ1) is 9.93. The minimum atomic E-state index is -0.0892. The Bertz CT molecular complexity index is 419. The Balaban J connectivity index is 2.32. The van der Waals surface area contributed by atoms with Gasteiger partial charge in [0.2, 0.25) is 0 Å². The van der Waals surface area contributed by atoms with Crippen LogP contribution in [-0.4, -0.2) is 9.78 Å². The van der Waals surface area contributed by atoms with Crippen LogP contribution >= 0.6 is 0 Å². The fourth-order valence-corrected chi connectivity index (χ4v) is 1.70. The lowest BCUT2D eigenvalue weighted by Gasteiger charge is -2.13. The first-order valence-corrected chi connectivity index (χ1v) is 5.15. The van der Waals surface area contributed by atoms with E-state index < -0.39 is 0 Å². The van der Waals surface area contributed by atoms with Gasteiger partial charge in [0.15, 0.2) is 0 Å². The van der Waals surface area contributed by atoms with Gasteiger partial charge in [0.1, 0.15) is 0 Å². The monoisotopic (exact) mass is 201 g/mol. The van der Waals surface area contributed by atoms with Gasteiger partial charge in [0, 0.05) is 12.7 Å². The van der Waals surface area contributed by atoms with E-state index in [1.165, 1.54) is 0 Å². The van der Waals surface area contributed by atoms with Crippen LogP contribution < -0.4 is 5.73 Å². The summed E-state index contributed by atoms with van der Waals surface area (Å²) in [7, 11) is 0. The standard InChI is InChI=1S/C12H15N3/c1-2-15-11(8-9-14-15)12(13)10-6-4-3-5-7-10/h3-9,12H,2,13H2,1H3. The average Bonchev–Trinajstić information content (AvgIpc) is 2.77. The third-order valence-electron chi connectivity index (χ3n) is 2.53. The fraction of sp³-hybridized carbons (Fsp3) is 0.250. The summed E-state index contributed by atoms with van der Waals surface area (Å²) >= 11 is 0. The van der Waals surface area contributed by atoms with Crippen LogP contribution in [-0.2, 0) is 6.54 Å². The Morgan fingerprint density at radius 2 is 2.00 bits per heavy atom. The van der Waals surface area contributed by atoms with Crippen LogP contribution in [0.5, 0.6) is 0 Å². The predicted molar refractivity (Wildman–Crippen MR) is 60.4 cm³/mol. The van der Waals surface area contributed by atoms with Crippen LogP contribution in [0.25, 0.3) is 0 Å². The molecule has 0 spiro atoms. The molecule has 0 amide bonds. The summed E-state index contributed by atoms with van der Waals surface area (Å²) in [6.07, 6.45) is 1.79. The molecule has 0 aliphatic carbocycles. The normalized spacial score (nSPS) is 12.7. The van der Waals surface area contributed by atoms with Crippen molar-refractivity contribution in [1.29, 1.82) is 0 Å². The maximum atomic E-state index is 6.18. The van der Waals surface area contributed by atoms with Gasteiger partial charge in [-0.3, -0.25) is 4.68 Å². The van der Waals surface area contributed by atoms with Crippen molar-refractivity contribution in [2.24, 2.45) is 5.73 Å². The third kappa shape index (κ3) is 1.92. The topological polar surface area (TPSA) is 43.8 Å². The van der Waals surface area contributed by atoms with E-state index in [0.717, 1.165) is 17.8 Å². The lowest BCUT2D eigenvalue weighted by molar-refractivity contribution is 0.601. The van der Waals surface area contributed by atoms with Crippen molar-refractivity contribution in [1.82, 2.24) is 9.78 Å². The highest BCUT2D eigenvalue weighted by Gasteiger charge is 2.12. The van der Waals surface area contributed by atoms with Crippen molar-refractivity contribution in [3.63, 3.8) is 0 Å². The molecule has 15 heavy (non-hydrogen) atoms. The molecule has 1 atom stereocenters. The minimum Gasteiger partial charge on any atom is -0.319 e. The van der Waals surface area contributed by atoms with Crippen LogP contribution in [0.15, 0.2) is 42.6 Å². The first-order chi connectivity index (χ1) is 7.33. The van der Waals surface area contributed by atoms with E-state index in [2.05, 4.69) is 12.0 Å². The number of aromatic nitrogens is 2. The molecule has 0 saturated carbocycles. The zero-order chi connectivity index (χ0) is 10.7. The van der Waals surface area contributed by atoms with Gasteiger partial charge < -0.3 is 5.73 Å². The second-order valence-corrected chi connectivity index (χ2v) is 3.46. The van der Waals surface area contributed by atoms with Crippen molar-refractivity contribution in [2.45, 2.75) is 19.5 Å². The number of benzene rings is 1. The SMILES string of the molecule is CCn1nccc1C(N)c1ccccc1. The number of rotatable bonds is 3. The highest BCUT2D eigenvalue weighted by molar-refractivity contribution is 5.26. The fourth-order valence-electron chi connectivity index (χ4n) is 1.70. The van der Waals surface area contributed by atoms with Crippen molar-refractivity contribution in [2.75, 3.05) is 0 Å². The van der Waals surface area contributed by atoms with Crippen molar-refractivity contribution in [3.8, 4) is 0 Å². The summed E-state index contributed by atoms with van der Waals surface area (Å²) < 4.78 is 1.93. The second kappa shape index (κ2) is 4.28. The Morgan fingerprint density at radius 3 is 2.67 bits per heavy atom. The quantitative estimate of drug-likeness (QED) is 0.824. The Morgan fingerprint density at radius 1 is 1.27 bits per heavy atom. The van der Waals surface area contributed by atoms with E-state index in [4.69, 9.17) is 5.73 Å². The Kier molecular flexibility index (Phi) is 2.83. The lowest BCUT2D eigenvalue weighted by atomic mass is 10.1. The third-order valence-corrected chi connectivity index (χ3v) is 2.53. The van der Waals surface area contributed by atoms with Gasteiger partial charge in [-0.25, -0.2) is 0 Å². The molecule has 78 valence electrons. The molecule has 0 bridgehead atoms. The first-order valence-electron chi connectivity index (χ1n) is 5.15. The average molecular weight is 201 g/mol. The van der Waals surface area contributed by atoms with E-state index >= 15 is 0 Å². The van der Waals surface area contributed by atoms with Gasteiger partial charge in [-0.2, -0.15) is 5.10 Å². The van der Waals surface area contributed by atoms with Crippen molar-refractivity contribution < 1.29 is 0 Å². The van der Waals surface area contributed by atoms with E-state index in [1.807, 2.05) is 41.1 Å². The number of nitrogens with two attached hydrogens (primary N) is 1. The molecule has 1 aromatic carbocycles. The molecule has 0 saturated heterocycles. The van der Waals surface area contributed by atoms with Gasteiger partial charge in [-0.05, 0) is 18.6 Å². The molecule has 3 heteroatoms. The maximum absolute atomic E-state index is 6.18. The molecular weight excluding hydrogens is 186 g/mol. The number of nitrogens with zero attached hydrogens (tertiary/aromatic N) is 2. The van der Waals surface area contributed by atoms with Crippen LogP contribution in [0.4, 0.5) is 0 Å². The molecule has 0 radical (unpaired) electrons. The number of hydrogen-bond donors (Lipinski definition) is 1. The van der Waals surface area contributed by atoms with Crippen LogP contribution in [0.3, 0.4) is 0 Å². The molecule has 1 unspecified atom stereocenters. The summed E-state index contributed by atoms with van der Waals surface area (Å²) in [5.74, 6) is 0. The predicted octanol–water partition coefficient (Wildman–Crippen LogP) is 1.95. The molecule has 3 nitrogen and oxygen atoms in total. The van der Waals surface area contributed by atoms with Gasteiger partial charge in [-0.15, -0.1) is 0 Å². The number of aryl methyl sites for hydroxylation is 1. The molecule has 2 N–H and O–H groups in total. The minimum absolute atomic E-state index is 0.0892.